The number of aromatic nitrogens is 1. The summed E-state index contributed by atoms with van der Waals surface area (Å²) in [5.74, 6) is -1.65. The standard InChI is InChI=1S/C13H9Cl2N3O2/c14-8-3-4-11(10(15)6-8)18-13(20)12(19)17-9-2-1-5-16-7-9/h1-7H,(H,17,19)(H,18,20). The van der Waals surface area contributed by atoms with E-state index in [4.69, 9.17) is 23.2 Å². The molecule has 2 N–H and O–H groups in total. The normalized spacial score (nSPS) is 9.90. The number of carbonyl (C=O) groups is 2. The van der Waals surface area contributed by atoms with Crippen molar-refractivity contribution in [3.8, 4) is 0 Å². The zero-order valence-electron chi connectivity index (χ0n) is 10.1. The Bertz CT molecular complexity index is 647. The van der Waals surface area contributed by atoms with E-state index in [0.717, 1.165) is 0 Å². The molecule has 0 bridgehead atoms. The average Bonchev–Trinajstić information content (AvgIpc) is 2.43. The molecule has 7 heteroatoms. The van der Waals surface area contributed by atoms with Gasteiger partial charge in [0.15, 0.2) is 0 Å². The van der Waals surface area contributed by atoms with Gasteiger partial charge >= 0.3 is 11.8 Å². The molecule has 1 aromatic heterocycles. The molecule has 0 fully saturated rings. The van der Waals surface area contributed by atoms with Gasteiger partial charge in [0.25, 0.3) is 0 Å². The largest absolute Gasteiger partial charge is 0.316 e. The van der Waals surface area contributed by atoms with E-state index >= 15 is 0 Å². The van der Waals surface area contributed by atoms with Crippen molar-refractivity contribution < 1.29 is 9.59 Å². The van der Waals surface area contributed by atoms with E-state index in [1.54, 1.807) is 24.4 Å². The highest BCUT2D eigenvalue weighted by Crippen LogP contribution is 2.25. The van der Waals surface area contributed by atoms with Gasteiger partial charge in [-0.15, -0.1) is 0 Å². The second kappa shape index (κ2) is 6.36. The Morgan fingerprint density at radius 2 is 1.80 bits per heavy atom. The third kappa shape index (κ3) is 3.69. The third-order valence-corrected chi connectivity index (χ3v) is 2.85. The predicted octanol–water partition coefficient (Wildman–Crippen LogP) is 2.97. The molecule has 0 spiro atoms. The van der Waals surface area contributed by atoms with Gasteiger partial charge < -0.3 is 10.6 Å². The Morgan fingerprint density at radius 3 is 2.45 bits per heavy atom. The van der Waals surface area contributed by atoms with Gasteiger partial charge in [0, 0.05) is 11.2 Å². The SMILES string of the molecule is O=C(Nc1cccnc1)C(=O)Nc1ccc(Cl)cc1Cl. The van der Waals surface area contributed by atoms with Crippen molar-refractivity contribution in [1.29, 1.82) is 0 Å². The lowest BCUT2D eigenvalue weighted by atomic mass is 10.3. The Morgan fingerprint density at radius 1 is 1.05 bits per heavy atom. The molecule has 102 valence electrons. The van der Waals surface area contributed by atoms with Crippen molar-refractivity contribution in [1.82, 2.24) is 4.98 Å². The van der Waals surface area contributed by atoms with Gasteiger partial charge in [-0.3, -0.25) is 14.6 Å². The topological polar surface area (TPSA) is 71.1 Å². The number of nitrogens with zero attached hydrogens (tertiary/aromatic N) is 1. The Hall–Kier alpha value is -2.11. The van der Waals surface area contributed by atoms with Crippen molar-refractivity contribution in [2.75, 3.05) is 10.6 Å². The lowest BCUT2D eigenvalue weighted by Gasteiger charge is -2.07. The molecule has 2 amide bonds. The fourth-order valence-corrected chi connectivity index (χ4v) is 1.85. The van der Waals surface area contributed by atoms with Gasteiger partial charge in [-0.2, -0.15) is 0 Å². The van der Waals surface area contributed by atoms with Crippen LogP contribution in [0.4, 0.5) is 11.4 Å². The first-order valence-corrected chi connectivity index (χ1v) is 6.29. The van der Waals surface area contributed by atoms with E-state index in [1.165, 1.54) is 18.3 Å². The van der Waals surface area contributed by atoms with Crippen molar-refractivity contribution in [3.05, 3.63) is 52.8 Å². The highest BCUT2D eigenvalue weighted by molar-refractivity contribution is 6.45. The van der Waals surface area contributed by atoms with Crippen LogP contribution in [-0.4, -0.2) is 16.8 Å². The number of halogens is 2. The number of amides is 2. The van der Waals surface area contributed by atoms with Gasteiger partial charge in [0.2, 0.25) is 0 Å². The molecule has 0 atom stereocenters. The number of benzene rings is 1. The minimum Gasteiger partial charge on any atom is -0.316 e. The molecule has 2 rings (SSSR count). The van der Waals surface area contributed by atoms with Crippen molar-refractivity contribution in [3.63, 3.8) is 0 Å². The second-order valence-corrected chi connectivity index (χ2v) is 4.62. The number of hydrogen-bond acceptors (Lipinski definition) is 3. The molecule has 0 saturated heterocycles. The number of hydrogen-bond donors (Lipinski definition) is 2. The van der Waals surface area contributed by atoms with E-state index in [0.29, 0.717) is 16.4 Å². The zero-order valence-corrected chi connectivity index (χ0v) is 11.6. The zero-order chi connectivity index (χ0) is 14.5. The van der Waals surface area contributed by atoms with Crippen LogP contribution in [0.25, 0.3) is 0 Å². The van der Waals surface area contributed by atoms with Crippen LogP contribution in [0.2, 0.25) is 10.0 Å². The van der Waals surface area contributed by atoms with Crippen molar-refractivity contribution in [2.24, 2.45) is 0 Å². The first-order valence-electron chi connectivity index (χ1n) is 5.53. The summed E-state index contributed by atoms with van der Waals surface area (Å²) in [5.41, 5.74) is 0.734. The highest BCUT2D eigenvalue weighted by atomic mass is 35.5. The van der Waals surface area contributed by atoms with E-state index in [9.17, 15) is 9.59 Å². The predicted molar refractivity (Wildman–Crippen MR) is 78.0 cm³/mol. The molecule has 0 saturated carbocycles. The maximum absolute atomic E-state index is 11.7. The minimum absolute atomic E-state index is 0.250. The summed E-state index contributed by atoms with van der Waals surface area (Å²) in [7, 11) is 0. The quantitative estimate of drug-likeness (QED) is 0.838. The maximum Gasteiger partial charge on any atom is 0.314 e. The lowest BCUT2D eigenvalue weighted by Crippen LogP contribution is -2.29. The number of pyridine rings is 1. The summed E-state index contributed by atoms with van der Waals surface area (Å²) >= 11 is 11.6. The number of anilines is 2. The van der Waals surface area contributed by atoms with Gasteiger partial charge in [0.1, 0.15) is 0 Å². The molecule has 0 aliphatic carbocycles. The minimum atomic E-state index is -0.835. The molecule has 20 heavy (non-hydrogen) atoms. The van der Waals surface area contributed by atoms with Gasteiger partial charge in [-0.05, 0) is 30.3 Å². The third-order valence-electron chi connectivity index (χ3n) is 2.30. The van der Waals surface area contributed by atoms with Crippen molar-refractivity contribution in [2.45, 2.75) is 0 Å². The van der Waals surface area contributed by atoms with Crippen LogP contribution in [0.15, 0.2) is 42.7 Å². The molecule has 0 aliphatic heterocycles. The van der Waals surface area contributed by atoms with Crippen molar-refractivity contribution >= 4 is 46.4 Å². The Balaban J connectivity index is 2.03. The first kappa shape index (κ1) is 14.3. The molecule has 0 radical (unpaired) electrons. The molecular weight excluding hydrogens is 301 g/mol. The van der Waals surface area contributed by atoms with E-state index < -0.39 is 11.8 Å². The van der Waals surface area contributed by atoms with Crippen LogP contribution >= 0.6 is 23.2 Å². The molecule has 1 heterocycles. The average molecular weight is 310 g/mol. The Kier molecular flexibility index (Phi) is 4.55. The van der Waals surface area contributed by atoms with Gasteiger partial charge in [-0.25, -0.2) is 0 Å². The number of nitrogens with one attached hydrogen (secondary N) is 2. The summed E-state index contributed by atoms with van der Waals surface area (Å²) in [5, 5.41) is 5.49. The monoisotopic (exact) mass is 309 g/mol. The second-order valence-electron chi connectivity index (χ2n) is 3.77. The molecular formula is C13H9Cl2N3O2. The molecule has 0 aliphatic rings. The summed E-state index contributed by atoms with van der Waals surface area (Å²) in [6.45, 7) is 0. The maximum atomic E-state index is 11.7. The smallest absolute Gasteiger partial charge is 0.314 e. The van der Waals surface area contributed by atoms with Crippen LogP contribution in [-0.2, 0) is 9.59 Å². The summed E-state index contributed by atoms with van der Waals surface area (Å²) < 4.78 is 0. The Labute approximate surface area is 124 Å². The number of rotatable bonds is 2. The van der Waals surface area contributed by atoms with E-state index in [1.807, 2.05) is 0 Å². The van der Waals surface area contributed by atoms with Gasteiger partial charge in [0.05, 0.1) is 22.6 Å². The van der Waals surface area contributed by atoms with Crippen LogP contribution in [0, 0.1) is 0 Å². The number of carbonyl (C=O) groups excluding carboxylic acids is 2. The fraction of sp³-hybridized carbons (Fsp3) is 0. The summed E-state index contributed by atoms with van der Waals surface area (Å²) in [6, 6.07) is 7.80. The van der Waals surface area contributed by atoms with Gasteiger partial charge in [-0.1, -0.05) is 23.2 Å². The molecule has 5 nitrogen and oxygen atoms in total. The van der Waals surface area contributed by atoms with E-state index in [-0.39, 0.29) is 5.02 Å². The lowest BCUT2D eigenvalue weighted by molar-refractivity contribution is -0.133. The van der Waals surface area contributed by atoms with Crippen LogP contribution in [0.3, 0.4) is 0 Å². The summed E-state index contributed by atoms with van der Waals surface area (Å²) in [6.07, 6.45) is 2.99. The molecule has 2 aromatic rings. The first-order chi connectivity index (χ1) is 9.56. The fourth-order valence-electron chi connectivity index (χ4n) is 1.39. The molecule has 1 aromatic carbocycles. The van der Waals surface area contributed by atoms with Crippen LogP contribution in [0.1, 0.15) is 0 Å². The highest BCUT2D eigenvalue weighted by Gasteiger charge is 2.15. The van der Waals surface area contributed by atoms with Crippen LogP contribution < -0.4 is 10.6 Å². The van der Waals surface area contributed by atoms with E-state index in [2.05, 4.69) is 15.6 Å². The summed E-state index contributed by atoms with van der Waals surface area (Å²) in [4.78, 5) is 27.2. The van der Waals surface area contributed by atoms with Crippen LogP contribution in [0.5, 0.6) is 0 Å². The molecule has 0 unspecified atom stereocenters.